The van der Waals surface area contributed by atoms with Gasteiger partial charge in [0.15, 0.2) is 0 Å². The number of hydrogen-bond donors (Lipinski definition) is 1. The minimum absolute atomic E-state index is 0.854. The molecule has 0 radical (unpaired) electrons. The Labute approximate surface area is 121 Å². The first-order valence-corrected chi connectivity index (χ1v) is 8.17. The van der Waals surface area contributed by atoms with Gasteiger partial charge in [0.05, 0.1) is 0 Å². The standard InChI is InChI=1S/C19H23N/c1(2-13-20-17-11-12-17)4-14-7-8-16-10-9-15-5-3-6-18(14)19(15)16/h3,5-8,17,20H,1-2,4,9-13H2. The summed E-state index contributed by atoms with van der Waals surface area (Å²) in [6, 6.07) is 12.5. The van der Waals surface area contributed by atoms with E-state index < -0.39 is 0 Å². The smallest absolute Gasteiger partial charge is 0.00682 e. The van der Waals surface area contributed by atoms with Crippen LogP contribution in [0.2, 0.25) is 0 Å². The van der Waals surface area contributed by atoms with Crippen LogP contribution in [0.1, 0.15) is 42.4 Å². The summed E-state index contributed by atoms with van der Waals surface area (Å²) in [5, 5.41) is 6.70. The number of hydrogen-bond acceptors (Lipinski definition) is 1. The molecule has 2 aliphatic rings. The molecule has 0 amide bonds. The highest BCUT2D eigenvalue weighted by molar-refractivity contribution is 5.93. The van der Waals surface area contributed by atoms with E-state index in [2.05, 4.69) is 35.6 Å². The minimum Gasteiger partial charge on any atom is -0.314 e. The average Bonchev–Trinajstić information content (AvgIpc) is 3.21. The molecule has 0 spiro atoms. The molecule has 0 aromatic heterocycles. The van der Waals surface area contributed by atoms with Crippen LogP contribution in [-0.2, 0) is 19.3 Å². The van der Waals surface area contributed by atoms with Gasteiger partial charge >= 0.3 is 0 Å². The lowest BCUT2D eigenvalue weighted by Crippen LogP contribution is -2.17. The molecule has 0 atom stereocenters. The summed E-state index contributed by atoms with van der Waals surface area (Å²) in [4.78, 5) is 0. The largest absolute Gasteiger partial charge is 0.314 e. The number of unbranched alkanes of at least 4 members (excludes halogenated alkanes) is 1. The summed E-state index contributed by atoms with van der Waals surface area (Å²) < 4.78 is 0. The maximum absolute atomic E-state index is 3.61. The number of aryl methyl sites for hydroxylation is 3. The first-order chi connectivity index (χ1) is 9.92. The molecule has 0 saturated heterocycles. The van der Waals surface area contributed by atoms with Gasteiger partial charge in [-0.1, -0.05) is 30.3 Å². The molecule has 0 bridgehead atoms. The van der Waals surface area contributed by atoms with E-state index in [1.54, 1.807) is 22.1 Å². The molecule has 104 valence electrons. The van der Waals surface area contributed by atoms with Crippen molar-refractivity contribution in [1.29, 1.82) is 0 Å². The summed E-state index contributed by atoms with van der Waals surface area (Å²) in [6.45, 7) is 1.20. The van der Waals surface area contributed by atoms with Crippen molar-refractivity contribution < 1.29 is 0 Å². The third kappa shape index (κ3) is 2.35. The normalized spacial score (nSPS) is 17.0. The number of benzene rings is 2. The van der Waals surface area contributed by atoms with Crippen LogP contribution in [0.15, 0.2) is 30.3 Å². The Balaban J connectivity index is 1.46. The zero-order valence-electron chi connectivity index (χ0n) is 12.1. The van der Waals surface area contributed by atoms with Crippen LogP contribution in [0.25, 0.3) is 10.8 Å². The molecule has 0 unspecified atom stereocenters. The van der Waals surface area contributed by atoms with Crippen molar-refractivity contribution in [3.05, 3.63) is 47.0 Å². The molecule has 1 nitrogen and oxygen atoms in total. The number of nitrogens with one attached hydrogen (secondary N) is 1. The highest BCUT2D eigenvalue weighted by Gasteiger charge is 2.19. The third-order valence-corrected chi connectivity index (χ3v) is 4.85. The van der Waals surface area contributed by atoms with Gasteiger partial charge in [0, 0.05) is 6.04 Å². The quantitative estimate of drug-likeness (QED) is 0.778. The molecule has 0 aliphatic heterocycles. The van der Waals surface area contributed by atoms with Gasteiger partial charge in [-0.2, -0.15) is 0 Å². The highest BCUT2D eigenvalue weighted by Crippen LogP contribution is 2.33. The Hall–Kier alpha value is -1.34. The predicted molar refractivity (Wildman–Crippen MR) is 85.3 cm³/mol. The van der Waals surface area contributed by atoms with Crippen molar-refractivity contribution in [1.82, 2.24) is 5.32 Å². The zero-order chi connectivity index (χ0) is 13.4. The molecular weight excluding hydrogens is 242 g/mol. The Morgan fingerprint density at radius 1 is 0.950 bits per heavy atom. The maximum Gasteiger partial charge on any atom is 0.00682 e. The van der Waals surface area contributed by atoms with Crippen LogP contribution in [-0.4, -0.2) is 12.6 Å². The summed E-state index contributed by atoms with van der Waals surface area (Å²) in [7, 11) is 0. The van der Waals surface area contributed by atoms with E-state index in [0.29, 0.717) is 0 Å². The fraction of sp³-hybridized carbons (Fsp3) is 0.474. The summed E-state index contributed by atoms with van der Waals surface area (Å²) in [5.41, 5.74) is 4.68. The van der Waals surface area contributed by atoms with Crippen molar-refractivity contribution in [3.8, 4) is 0 Å². The molecular formula is C19H23N. The molecule has 1 heteroatoms. The minimum atomic E-state index is 0.854. The van der Waals surface area contributed by atoms with Crippen molar-refractivity contribution in [2.45, 2.75) is 51.0 Å². The van der Waals surface area contributed by atoms with Gasteiger partial charge in [-0.25, -0.2) is 0 Å². The van der Waals surface area contributed by atoms with E-state index >= 15 is 0 Å². The lowest BCUT2D eigenvalue weighted by atomic mass is 9.97. The molecule has 2 aromatic carbocycles. The Morgan fingerprint density at radius 3 is 2.65 bits per heavy atom. The SMILES string of the molecule is c1cc2c3c(ccc(CCCCNC4CC4)c3c1)CC2. The van der Waals surface area contributed by atoms with Crippen LogP contribution in [0.5, 0.6) is 0 Å². The fourth-order valence-corrected chi connectivity index (χ4v) is 3.56. The Bertz CT molecular complexity index is 615. The molecule has 1 saturated carbocycles. The van der Waals surface area contributed by atoms with Crippen LogP contribution in [0.4, 0.5) is 0 Å². The Morgan fingerprint density at radius 2 is 1.80 bits per heavy atom. The molecule has 4 rings (SSSR count). The molecule has 2 aliphatic carbocycles. The van der Waals surface area contributed by atoms with E-state index in [-0.39, 0.29) is 0 Å². The molecule has 2 aromatic rings. The van der Waals surface area contributed by atoms with Crippen LogP contribution >= 0.6 is 0 Å². The number of rotatable bonds is 6. The van der Waals surface area contributed by atoms with Crippen LogP contribution < -0.4 is 5.32 Å². The van der Waals surface area contributed by atoms with Crippen molar-refractivity contribution in [2.24, 2.45) is 0 Å². The van der Waals surface area contributed by atoms with E-state index in [1.807, 2.05) is 0 Å². The highest BCUT2D eigenvalue weighted by atomic mass is 14.9. The monoisotopic (exact) mass is 265 g/mol. The first-order valence-electron chi connectivity index (χ1n) is 8.17. The second-order valence-electron chi connectivity index (χ2n) is 6.41. The lowest BCUT2D eigenvalue weighted by Gasteiger charge is -2.09. The maximum atomic E-state index is 3.61. The topological polar surface area (TPSA) is 12.0 Å². The predicted octanol–water partition coefficient (Wildman–Crippen LogP) is 4.01. The van der Waals surface area contributed by atoms with Gasteiger partial charge in [-0.05, 0) is 79.0 Å². The third-order valence-electron chi connectivity index (χ3n) is 4.85. The summed E-state index contributed by atoms with van der Waals surface area (Å²) in [6.07, 6.45) is 9.11. The van der Waals surface area contributed by atoms with Crippen LogP contribution in [0, 0.1) is 0 Å². The zero-order valence-corrected chi connectivity index (χ0v) is 12.1. The second-order valence-corrected chi connectivity index (χ2v) is 6.41. The molecule has 1 fully saturated rings. The second kappa shape index (κ2) is 5.21. The van der Waals surface area contributed by atoms with Gasteiger partial charge in [0.25, 0.3) is 0 Å². The van der Waals surface area contributed by atoms with Crippen molar-refractivity contribution in [3.63, 3.8) is 0 Å². The first kappa shape index (κ1) is 12.4. The van der Waals surface area contributed by atoms with Crippen molar-refractivity contribution >= 4 is 10.8 Å². The van der Waals surface area contributed by atoms with E-state index in [1.165, 1.54) is 56.9 Å². The van der Waals surface area contributed by atoms with Gasteiger partial charge in [0.1, 0.15) is 0 Å². The summed E-state index contributed by atoms with van der Waals surface area (Å²) in [5.74, 6) is 0. The van der Waals surface area contributed by atoms with Crippen LogP contribution in [0.3, 0.4) is 0 Å². The van der Waals surface area contributed by atoms with E-state index in [4.69, 9.17) is 0 Å². The van der Waals surface area contributed by atoms with Crippen molar-refractivity contribution in [2.75, 3.05) is 6.54 Å². The molecule has 0 heterocycles. The van der Waals surface area contributed by atoms with Gasteiger partial charge in [-0.15, -0.1) is 0 Å². The molecule has 1 N–H and O–H groups in total. The summed E-state index contributed by atoms with van der Waals surface area (Å²) >= 11 is 0. The lowest BCUT2D eigenvalue weighted by molar-refractivity contribution is 0.620. The van der Waals surface area contributed by atoms with E-state index in [9.17, 15) is 0 Å². The fourth-order valence-electron chi connectivity index (χ4n) is 3.56. The van der Waals surface area contributed by atoms with E-state index in [0.717, 1.165) is 6.04 Å². The van der Waals surface area contributed by atoms with Gasteiger partial charge in [-0.3, -0.25) is 0 Å². The van der Waals surface area contributed by atoms with Gasteiger partial charge < -0.3 is 5.32 Å². The molecule has 20 heavy (non-hydrogen) atoms. The average molecular weight is 265 g/mol. The Kier molecular flexibility index (Phi) is 3.23. The van der Waals surface area contributed by atoms with Gasteiger partial charge in [0.2, 0.25) is 0 Å².